The zero-order chi connectivity index (χ0) is 33.1. The monoisotopic (exact) mass is 668 g/mol. The van der Waals surface area contributed by atoms with Gasteiger partial charge in [0.05, 0.1) is 29.7 Å². The Morgan fingerprint density at radius 1 is 0.894 bits per heavy atom. The molecule has 1 saturated heterocycles. The van der Waals surface area contributed by atoms with Crippen LogP contribution in [0, 0.1) is 6.92 Å². The quantitative estimate of drug-likeness (QED) is 0.0668. The topological polar surface area (TPSA) is 108 Å². The second-order valence-electron chi connectivity index (χ2n) is 11.4. The Hall–Kier alpha value is -4.77. The van der Waals surface area contributed by atoms with E-state index >= 15 is 0 Å². The summed E-state index contributed by atoms with van der Waals surface area (Å²) in [6, 6.07) is 30.0. The average Bonchev–Trinajstić information content (AvgIpc) is 3.36. The van der Waals surface area contributed by atoms with Crippen molar-refractivity contribution in [1.82, 2.24) is 4.57 Å². The Morgan fingerprint density at radius 2 is 1.57 bits per heavy atom. The van der Waals surface area contributed by atoms with Crippen molar-refractivity contribution in [2.75, 3.05) is 59.0 Å². The van der Waals surface area contributed by atoms with Crippen molar-refractivity contribution in [3.63, 3.8) is 0 Å². The van der Waals surface area contributed by atoms with Crippen molar-refractivity contribution in [3.8, 4) is 22.4 Å². The van der Waals surface area contributed by atoms with Crippen LogP contribution in [0.3, 0.4) is 0 Å². The highest BCUT2D eigenvalue weighted by Crippen LogP contribution is 2.40. The number of nitrogen functional groups attached to an aromatic ring is 1. The summed E-state index contributed by atoms with van der Waals surface area (Å²) in [7, 11) is 3.47. The number of halogens is 1. The van der Waals surface area contributed by atoms with Gasteiger partial charge in [0.1, 0.15) is 0 Å². The first-order valence-corrected chi connectivity index (χ1v) is 16.4. The number of piperazine rings is 1. The fourth-order valence-corrected chi connectivity index (χ4v) is 6.84. The number of rotatable bonds is 10. The standard InChI is InChI=1S/C36H37ClN6O3S/c1-23-33(36(44)45)34(35(41(23)2)24-7-9-26(37)10-8-24)25-5-4-6-29(21-25)43-19-17-42(18-20-43)28-13-11-27(12-14-28)40-47-30-15-16-31(38)32(22-30)39-46-3/h4-16,21-22,39-40H,17-20,38H2,1-3H3,(H,44,45). The number of carboxylic acid groups (broad SMARTS) is 1. The summed E-state index contributed by atoms with van der Waals surface area (Å²) in [5.74, 6) is -0.939. The molecule has 5 N–H and O–H groups in total. The number of hydrogen-bond donors (Lipinski definition) is 4. The van der Waals surface area contributed by atoms with Crippen LogP contribution in [0.4, 0.5) is 28.4 Å². The van der Waals surface area contributed by atoms with Crippen LogP contribution in [0.2, 0.25) is 5.02 Å². The first-order chi connectivity index (χ1) is 22.7. The predicted octanol–water partition coefficient (Wildman–Crippen LogP) is 8.02. The van der Waals surface area contributed by atoms with Crippen LogP contribution in [0.5, 0.6) is 0 Å². The lowest BCUT2D eigenvalue weighted by atomic mass is 9.96. The summed E-state index contributed by atoms with van der Waals surface area (Å²) in [4.78, 5) is 23.3. The highest BCUT2D eigenvalue weighted by molar-refractivity contribution is 8.00. The molecule has 6 rings (SSSR count). The van der Waals surface area contributed by atoms with E-state index in [2.05, 4.69) is 56.4 Å². The fraction of sp³-hybridized carbons (Fsp3) is 0.194. The fourth-order valence-electron chi connectivity index (χ4n) is 6.03. The van der Waals surface area contributed by atoms with Gasteiger partial charge in [-0.3, -0.25) is 10.3 Å². The molecule has 1 aromatic heterocycles. The van der Waals surface area contributed by atoms with Gasteiger partial charge in [0.2, 0.25) is 0 Å². The van der Waals surface area contributed by atoms with E-state index in [1.54, 1.807) is 7.11 Å². The van der Waals surface area contributed by atoms with E-state index in [-0.39, 0.29) is 0 Å². The van der Waals surface area contributed by atoms with E-state index in [0.29, 0.717) is 22.0 Å². The van der Waals surface area contributed by atoms with Gasteiger partial charge in [-0.05, 0) is 96.7 Å². The molecule has 2 heterocycles. The molecule has 0 unspecified atom stereocenters. The van der Waals surface area contributed by atoms with E-state index in [0.717, 1.165) is 70.5 Å². The third kappa shape index (κ3) is 6.85. The molecular formula is C36H37ClN6O3S. The van der Waals surface area contributed by atoms with Gasteiger partial charge in [-0.15, -0.1) is 0 Å². The molecule has 0 saturated carbocycles. The lowest BCUT2D eigenvalue weighted by molar-refractivity contribution is 0.0697. The van der Waals surface area contributed by atoms with Crippen LogP contribution in [0.15, 0.2) is 95.9 Å². The molecule has 47 heavy (non-hydrogen) atoms. The van der Waals surface area contributed by atoms with Gasteiger partial charge in [0, 0.05) is 71.5 Å². The van der Waals surface area contributed by atoms with E-state index in [9.17, 15) is 9.90 Å². The molecule has 0 aliphatic carbocycles. The summed E-state index contributed by atoms with van der Waals surface area (Å²) in [6.07, 6.45) is 0. The molecule has 0 atom stereocenters. The van der Waals surface area contributed by atoms with Crippen molar-refractivity contribution in [2.45, 2.75) is 11.8 Å². The Morgan fingerprint density at radius 3 is 2.23 bits per heavy atom. The first-order valence-electron chi connectivity index (χ1n) is 15.2. The molecule has 1 aliphatic rings. The number of benzene rings is 4. The van der Waals surface area contributed by atoms with Crippen molar-refractivity contribution in [3.05, 3.63) is 107 Å². The molecule has 4 aromatic carbocycles. The van der Waals surface area contributed by atoms with Crippen LogP contribution >= 0.6 is 23.5 Å². The maximum atomic E-state index is 12.5. The molecule has 0 amide bonds. The second-order valence-corrected chi connectivity index (χ2v) is 12.7. The normalized spacial score (nSPS) is 13.1. The van der Waals surface area contributed by atoms with Gasteiger partial charge in [-0.2, -0.15) is 0 Å². The summed E-state index contributed by atoms with van der Waals surface area (Å²) in [5, 5.41) is 10.9. The molecule has 1 fully saturated rings. The maximum absolute atomic E-state index is 12.5. The lowest BCUT2D eigenvalue weighted by Crippen LogP contribution is -2.46. The molecular weight excluding hydrogens is 632 g/mol. The molecule has 11 heteroatoms. The van der Waals surface area contributed by atoms with Crippen LogP contribution in [0.1, 0.15) is 16.1 Å². The summed E-state index contributed by atoms with van der Waals surface area (Å²) < 4.78 is 5.36. The zero-order valence-corrected chi connectivity index (χ0v) is 28.0. The van der Waals surface area contributed by atoms with E-state index in [1.807, 2.05) is 73.1 Å². The van der Waals surface area contributed by atoms with E-state index in [4.69, 9.17) is 22.2 Å². The summed E-state index contributed by atoms with van der Waals surface area (Å²) >= 11 is 7.68. The van der Waals surface area contributed by atoms with Crippen molar-refractivity contribution >= 4 is 58.0 Å². The van der Waals surface area contributed by atoms with Gasteiger partial charge < -0.3 is 29.9 Å². The number of carbonyl (C=O) groups is 1. The average molecular weight is 669 g/mol. The van der Waals surface area contributed by atoms with Crippen LogP contribution in [-0.4, -0.2) is 48.9 Å². The minimum Gasteiger partial charge on any atom is -0.478 e. The largest absolute Gasteiger partial charge is 0.478 e. The van der Waals surface area contributed by atoms with Gasteiger partial charge in [-0.25, -0.2) is 4.79 Å². The van der Waals surface area contributed by atoms with Crippen molar-refractivity contribution in [1.29, 1.82) is 0 Å². The Labute approximate surface area is 284 Å². The lowest BCUT2D eigenvalue weighted by Gasteiger charge is -2.37. The number of nitrogens with one attached hydrogen (secondary N) is 2. The SMILES string of the molecule is CONc1cc(SNc2ccc(N3CCN(c4cccc(-c5c(C(=O)O)c(C)n(C)c5-c5ccc(Cl)cc5)c4)CC3)cc2)ccc1N. The van der Waals surface area contributed by atoms with Gasteiger partial charge in [0.25, 0.3) is 0 Å². The van der Waals surface area contributed by atoms with E-state index in [1.165, 1.54) is 17.6 Å². The number of anilines is 5. The Bertz CT molecular complexity index is 1890. The first kappa shape index (κ1) is 32.2. The molecule has 0 radical (unpaired) electrons. The number of hydrogen-bond acceptors (Lipinski definition) is 8. The molecule has 1 aliphatic heterocycles. The summed E-state index contributed by atoms with van der Waals surface area (Å²) in [6.45, 7) is 5.28. The third-order valence-electron chi connectivity index (χ3n) is 8.55. The van der Waals surface area contributed by atoms with Crippen molar-refractivity contribution in [2.24, 2.45) is 7.05 Å². The van der Waals surface area contributed by atoms with Crippen LogP contribution in [0.25, 0.3) is 22.4 Å². The molecule has 0 spiro atoms. The molecule has 0 bridgehead atoms. The Kier molecular flexibility index (Phi) is 9.53. The molecule has 242 valence electrons. The van der Waals surface area contributed by atoms with Gasteiger partial charge >= 0.3 is 5.97 Å². The number of aromatic carboxylic acids is 1. The van der Waals surface area contributed by atoms with Crippen molar-refractivity contribution < 1.29 is 14.7 Å². The number of nitrogens with zero attached hydrogens (tertiary/aromatic N) is 3. The predicted molar refractivity (Wildman–Crippen MR) is 195 cm³/mol. The smallest absolute Gasteiger partial charge is 0.338 e. The molecule has 5 aromatic rings. The highest BCUT2D eigenvalue weighted by Gasteiger charge is 2.26. The minimum atomic E-state index is -0.939. The van der Waals surface area contributed by atoms with Crippen LogP contribution in [-0.2, 0) is 11.9 Å². The number of nitrogens with two attached hydrogens (primary N) is 1. The van der Waals surface area contributed by atoms with Gasteiger partial charge in [0.15, 0.2) is 0 Å². The second kappa shape index (κ2) is 13.9. The zero-order valence-electron chi connectivity index (χ0n) is 26.5. The van der Waals surface area contributed by atoms with E-state index < -0.39 is 5.97 Å². The Balaban J connectivity index is 1.14. The minimum absolute atomic E-state index is 0.317. The van der Waals surface area contributed by atoms with Crippen LogP contribution < -0.4 is 25.7 Å². The highest BCUT2D eigenvalue weighted by atomic mass is 35.5. The molecule has 9 nitrogen and oxygen atoms in total. The number of aromatic nitrogens is 1. The summed E-state index contributed by atoms with van der Waals surface area (Å²) in [5.41, 5.74) is 17.8. The van der Waals surface area contributed by atoms with Gasteiger partial charge in [-0.1, -0.05) is 35.9 Å². The number of carboxylic acids is 1. The third-order valence-corrected chi connectivity index (χ3v) is 9.63. The maximum Gasteiger partial charge on any atom is 0.338 e.